The van der Waals surface area contributed by atoms with E-state index in [0.717, 1.165) is 16.7 Å². The maximum atomic E-state index is 13.4. The smallest absolute Gasteiger partial charge is 0.305 e. The Labute approximate surface area is 492 Å². The lowest BCUT2D eigenvalue weighted by molar-refractivity contribution is -0.144. The minimum atomic E-state index is -1.72. The topological polar surface area (TPSA) is 176 Å². The molecular weight excluding hydrogens is 1080 g/mol. The number of hydrogen-bond acceptors (Lipinski definition) is 15. The van der Waals surface area contributed by atoms with E-state index in [1.165, 1.54) is 28.6 Å². The van der Waals surface area contributed by atoms with Crippen molar-refractivity contribution in [1.29, 1.82) is 0 Å². The second kappa shape index (κ2) is 28.4. The number of benzene rings is 6. The molecule has 17 nitrogen and oxygen atoms in total. The molecule has 4 unspecified atom stereocenters. The average Bonchev–Trinajstić information content (AvgIpc) is 1.84. The molecule has 1 amide bonds. The number of ether oxygens (including phenoxy) is 7. The Morgan fingerprint density at radius 2 is 1.25 bits per heavy atom. The Hall–Kier alpha value is -7.44. The fraction of sp³-hybridized carbons (Fsp3) is 0.348. The first kappa shape index (κ1) is 59.7. The molecule has 0 radical (unpaired) electrons. The summed E-state index contributed by atoms with van der Waals surface area (Å²) in [7, 11) is 1.57. The molecule has 1 fully saturated rings. The van der Waals surface area contributed by atoms with Crippen LogP contribution in [0, 0.1) is 0 Å². The summed E-state index contributed by atoms with van der Waals surface area (Å²) in [6, 6.07) is 51.6. The summed E-state index contributed by atoms with van der Waals surface area (Å²) in [5.74, 6) is 1.14. The SMILES string of the molecule is COc1ccc(C(OCC2OC(n3cnc4c(NC(=O)c5ccccc5)ncnc43)CC2OP(OCCOCCOCCCC(=O)OCC2c3ccccc3-c3ccccc32)N(C(C)C)C(C)C)(c2ccccc2)c2ccc(OC)cc2)cc1. The summed E-state index contributed by atoms with van der Waals surface area (Å²) in [4.78, 5) is 40.0. The van der Waals surface area contributed by atoms with Crippen LogP contribution in [0.3, 0.4) is 0 Å². The second-order valence-electron chi connectivity index (χ2n) is 21.1. The van der Waals surface area contributed by atoms with Crippen molar-refractivity contribution in [3.05, 3.63) is 204 Å². The number of carbonyl (C=O) groups is 2. The number of nitrogens with zero attached hydrogens (tertiary/aromatic N) is 5. The van der Waals surface area contributed by atoms with Gasteiger partial charge in [0.25, 0.3) is 14.4 Å². The summed E-state index contributed by atoms with van der Waals surface area (Å²) in [6.45, 7) is 10.5. The third-order valence-corrected chi connectivity index (χ3v) is 17.2. The van der Waals surface area contributed by atoms with E-state index in [-0.39, 0.29) is 55.3 Å². The van der Waals surface area contributed by atoms with E-state index in [4.69, 9.17) is 47.2 Å². The third kappa shape index (κ3) is 13.7. The zero-order valence-electron chi connectivity index (χ0n) is 48.4. The van der Waals surface area contributed by atoms with E-state index >= 15 is 0 Å². The minimum absolute atomic E-state index is 0.0218. The van der Waals surface area contributed by atoms with E-state index in [1.54, 1.807) is 44.8 Å². The fourth-order valence-corrected chi connectivity index (χ4v) is 12.8. The van der Waals surface area contributed by atoms with Gasteiger partial charge in [-0.15, -0.1) is 0 Å². The molecule has 0 saturated carbocycles. The lowest BCUT2D eigenvalue weighted by Crippen LogP contribution is -2.39. The van der Waals surface area contributed by atoms with Gasteiger partial charge in [-0.3, -0.25) is 14.2 Å². The molecule has 1 aliphatic heterocycles. The monoisotopic (exact) mass is 1160 g/mol. The largest absolute Gasteiger partial charge is 0.497 e. The molecule has 10 rings (SSSR count). The molecule has 4 atom stereocenters. The van der Waals surface area contributed by atoms with Gasteiger partial charge in [0.1, 0.15) is 42.4 Å². The first-order chi connectivity index (χ1) is 41.1. The molecule has 2 aliphatic rings. The van der Waals surface area contributed by atoms with Crippen molar-refractivity contribution in [2.45, 2.75) is 89.0 Å². The third-order valence-electron chi connectivity index (χ3n) is 15.1. The average molecular weight is 1160 g/mol. The van der Waals surface area contributed by atoms with Crippen LogP contribution in [-0.4, -0.2) is 121 Å². The van der Waals surface area contributed by atoms with Crippen LogP contribution >= 0.6 is 8.53 Å². The summed E-state index contributed by atoms with van der Waals surface area (Å²) < 4.78 is 61.7. The molecular formula is C66H73N6O11P. The van der Waals surface area contributed by atoms with Gasteiger partial charge in [0.15, 0.2) is 17.0 Å². The second-order valence-corrected chi connectivity index (χ2v) is 22.5. The molecule has 1 saturated heterocycles. The predicted octanol–water partition coefficient (Wildman–Crippen LogP) is 12.3. The van der Waals surface area contributed by atoms with Crippen LogP contribution in [0.5, 0.6) is 11.5 Å². The zero-order valence-corrected chi connectivity index (χ0v) is 49.3. The van der Waals surface area contributed by atoms with Crippen LogP contribution in [0.1, 0.15) is 97.3 Å². The summed E-state index contributed by atoms with van der Waals surface area (Å²) in [6.07, 6.45) is 2.33. The van der Waals surface area contributed by atoms with Gasteiger partial charge in [0, 0.05) is 43.0 Å². The molecule has 1 N–H and O–H groups in total. The number of anilines is 1. The van der Waals surface area contributed by atoms with Gasteiger partial charge in [-0.25, -0.2) is 19.6 Å². The summed E-state index contributed by atoms with van der Waals surface area (Å²) in [5, 5.41) is 2.92. The number of hydrogen-bond donors (Lipinski definition) is 1. The minimum Gasteiger partial charge on any atom is -0.497 e. The maximum absolute atomic E-state index is 13.4. The molecule has 6 aromatic carbocycles. The van der Waals surface area contributed by atoms with Gasteiger partial charge in [-0.2, -0.15) is 0 Å². The van der Waals surface area contributed by atoms with Gasteiger partial charge < -0.3 is 47.5 Å². The van der Waals surface area contributed by atoms with Crippen LogP contribution in [-0.2, 0) is 43.1 Å². The lowest BCUT2D eigenvalue weighted by Gasteiger charge is -2.39. The highest BCUT2D eigenvalue weighted by Crippen LogP contribution is 2.51. The van der Waals surface area contributed by atoms with Gasteiger partial charge in [0.05, 0.1) is 59.7 Å². The van der Waals surface area contributed by atoms with Gasteiger partial charge in [-0.1, -0.05) is 121 Å². The molecule has 18 heteroatoms. The Balaban J connectivity index is 0.828. The van der Waals surface area contributed by atoms with Crippen LogP contribution in [0.25, 0.3) is 22.3 Å². The van der Waals surface area contributed by atoms with Crippen molar-refractivity contribution in [1.82, 2.24) is 24.2 Å². The van der Waals surface area contributed by atoms with Crippen LogP contribution in [0.15, 0.2) is 170 Å². The Morgan fingerprint density at radius 1 is 0.679 bits per heavy atom. The predicted molar refractivity (Wildman–Crippen MR) is 322 cm³/mol. The standard InChI is InChI=1S/C66H73N6O11P/c1-45(2)72(46(3)4)84(81-39-38-78-37-36-77-35-17-26-61(73)79-41-57-55-24-15-13-22-53(55)54-23-14-16-25-56(54)57)83-58-40-60(71-44-69-62-63(67-43-68-64(62)71)70-65(74)47-18-9-7-10-19-47)82-59(58)42-80-66(48-20-11-8-12-21-48,49-27-31-51(75-5)32-28-49)50-29-33-52(76-6)34-30-50/h7-16,18-25,27-34,43-46,57-60H,17,26,35-42H2,1-6H3,(H,67,68,70,74). The first-order valence-corrected chi connectivity index (χ1v) is 29.7. The Kier molecular flexibility index (Phi) is 20.2. The van der Waals surface area contributed by atoms with Crippen molar-refractivity contribution < 1.29 is 51.8 Å². The molecule has 1 aliphatic carbocycles. The Morgan fingerprint density at radius 3 is 1.87 bits per heavy atom. The van der Waals surface area contributed by atoms with Crippen molar-refractivity contribution >= 4 is 37.4 Å². The number of fused-ring (bicyclic) bond motifs is 4. The summed E-state index contributed by atoms with van der Waals surface area (Å²) >= 11 is 0. The van der Waals surface area contributed by atoms with Crippen LogP contribution in [0.4, 0.5) is 5.82 Å². The maximum Gasteiger partial charge on any atom is 0.305 e. The van der Waals surface area contributed by atoms with E-state index in [1.807, 2.05) is 102 Å². The number of methoxy groups -OCH3 is 2. The number of rotatable bonds is 29. The van der Waals surface area contributed by atoms with Crippen molar-refractivity contribution in [2.24, 2.45) is 0 Å². The quantitative estimate of drug-likeness (QED) is 0.0203. The molecule has 0 spiro atoms. The molecule has 84 heavy (non-hydrogen) atoms. The number of imidazole rings is 1. The van der Waals surface area contributed by atoms with Gasteiger partial charge in [-0.05, 0) is 109 Å². The lowest BCUT2D eigenvalue weighted by atomic mass is 9.80. The summed E-state index contributed by atoms with van der Waals surface area (Å²) in [5.41, 5.74) is 7.59. The van der Waals surface area contributed by atoms with E-state index in [2.05, 4.69) is 84.0 Å². The van der Waals surface area contributed by atoms with Gasteiger partial charge in [0.2, 0.25) is 0 Å². The number of nitrogens with one attached hydrogen (secondary N) is 1. The number of carbonyl (C=O) groups excluding carboxylic acids is 2. The van der Waals surface area contributed by atoms with Crippen LogP contribution in [0.2, 0.25) is 0 Å². The highest BCUT2D eigenvalue weighted by atomic mass is 31.2. The number of esters is 1. The molecule has 3 heterocycles. The normalized spacial score (nSPS) is 16.3. The highest BCUT2D eigenvalue weighted by molar-refractivity contribution is 7.44. The van der Waals surface area contributed by atoms with Crippen molar-refractivity contribution in [3.8, 4) is 22.6 Å². The van der Waals surface area contributed by atoms with Crippen molar-refractivity contribution in [3.63, 3.8) is 0 Å². The zero-order chi connectivity index (χ0) is 58.4. The van der Waals surface area contributed by atoms with E-state index in [0.29, 0.717) is 74.1 Å². The van der Waals surface area contributed by atoms with Crippen molar-refractivity contribution in [2.75, 3.05) is 65.8 Å². The molecule has 438 valence electrons. The number of amides is 1. The van der Waals surface area contributed by atoms with Gasteiger partial charge >= 0.3 is 5.97 Å². The Bertz CT molecular complexity index is 3310. The highest BCUT2D eigenvalue weighted by Gasteiger charge is 2.45. The van der Waals surface area contributed by atoms with E-state index < -0.39 is 32.6 Å². The molecule has 8 aromatic rings. The van der Waals surface area contributed by atoms with E-state index in [9.17, 15) is 9.59 Å². The fourth-order valence-electron chi connectivity index (χ4n) is 11.1. The first-order valence-electron chi connectivity index (χ1n) is 28.6. The number of aromatic nitrogens is 4. The van der Waals surface area contributed by atoms with Crippen LogP contribution < -0.4 is 14.8 Å². The molecule has 2 aromatic heterocycles. The molecule has 0 bridgehead atoms.